The molecule has 2 aromatic rings. The van der Waals surface area contributed by atoms with E-state index in [1.165, 1.54) is 12.1 Å². The number of likely N-dealkylation sites (tertiary alicyclic amines) is 1. The van der Waals surface area contributed by atoms with Gasteiger partial charge in [0.25, 0.3) is 5.91 Å². The van der Waals surface area contributed by atoms with E-state index in [-0.39, 0.29) is 17.5 Å². The third-order valence-electron chi connectivity index (χ3n) is 4.13. The van der Waals surface area contributed by atoms with E-state index >= 15 is 0 Å². The topological polar surface area (TPSA) is 49.4 Å². The van der Waals surface area contributed by atoms with Crippen LogP contribution in [-0.4, -0.2) is 23.3 Å². The molecule has 1 fully saturated rings. The van der Waals surface area contributed by atoms with Crippen molar-refractivity contribution in [2.45, 2.75) is 25.8 Å². The Morgan fingerprint density at radius 3 is 2.54 bits per heavy atom. The monoisotopic (exact) mass is 326 g/mol. The second-order valence-corrected chi connectivity index (χ2v) is 5.90. The minimum atomic E-state index is -0.467. The fourth-order valence-corrected chi connectivity index (χ4v) is 2.77. The first kappa shape index (κ1) is 16.2. The van der Waals surface area contributed by atoms with E-state index in [0.717, 1.165) is 24.9 Å². The van der Waals surface area contributed by atoms with E-state index in [0.29, 0.717) is 18.5 Å². The summed E-state index contributed by atoms with van der Waals surface area (Å²) in [5.41, 5.74) is 1.59. The average Bonchev–Trinajstić information content (AvgIpc) is 2.59. The summed E-state index contributed by atoms with van der Waals surface area (Å²) in [6.07, 6.45) is 2.61. The minimum Gasteiger partial charge on any atom is -0.338 e. The summed E-state index contributed by atoms with van der Waals surface area (Å²) in [6.45, 7) is 1.35. The maximum Gasteiger partial charge on any atom is 0.255 e. The number of halogens is 1. The van der Waals surface area contributed by atoms with E-state index in [1.807, 2.05) is 17.0 Å². The van der Waals surface area contributed by atoms with E-state index in [4.69, 9.17) is 0 Å². The quantitative estimate of drug-likeness (QED) is 0.933. The van der Waals surface area contributed by atoms with E-state index in [9.17, 15) is 14.0 Å². The molecule has 0 spiro atoms. The van der Waals surface area contributed by atoms with Gasteiger partial charge in [0.05, 0.1) is 5.69 Å². The van der Waals surface area contributed by atoms with Crippen molar-refractivity contribution in [1.29, 1.82) is 0 Å². The lowest BCUT2D eigenvalue weighted by Crippen LogP contribution is -2.34. The highest BCUT2D eigenvalue weighted by Gasteiger charge is 2.18. The lowest BCUT2D eigenvalue weighted by atomic mass is 10.1. The number of hydrogen-bond acceptors (Lipinski definition) is 2. The van der Waals surface area contributed by atoms with Gasteiger partial charge >= 0.3 is 0 Å². The summed E-state index contributed by atoms with van der Waals surface area (Å²) >= 11 is 0. The molecule has 1 aliphatic rings. The summed E-state index contributed by atoms with van der Waals surface area (Å²) in [4.78, 5) is 25.9. The van der Waals surface area contributed by atoms with Crippen LogP contribution in [0.4, 0.5) is 10.1 Å². The standard InChI is InChI=1S/C19H19FN2O2/c20-16-5-1-2-6-17(16)21-19(24)15-10-8-14(9-11-15)13-22-12-4-3-7-18(22)23/h1-2,5-6,8-11H,3-4,7,12-13H2,(H,21,24). The summed E-state index contributed by atoms with van der Waals surface area (Å²) < 4.78 is 13.6. The SMILES string of the molecule is O=C(Nc1ccccc1F)c1ccc(CN2CCCCC2=O)cc1. The molecule has 0 radical (unpaired) electrons. The molecular formula is C19H19FN2O2. The second-order valence-electron chi connectivity index (χ2n) is 5.90. The Balaban J connectivity index is 1.64. The second kappa shape index (κ2) is 7.25. The van der Waals surface area contributed by atoms with Crippen molar-refractivity contribution in [1.82, 2.24) is 4.90 Å². The Labute approximate surface area is 140 Å². The van der Waals surface area contributed by atoms with Gasteiger partial charge in [-0.1, -0.05) is 24.3 Å². The van der Waals surface area contributed by atoms with Crippen molar-refractivity contribution in [3.63, 3.8) is 0 Å². The third kappa shape index (κ3) is 3.79. The Bertz CT molecular complexity index is 743. The highest BCUT2D eigenvalue weighted by Crippen LogP contribution is 2.17. The maximum atomic E-state index is 13.6. The lowest BCUT2D eigenvalue weighted by molar-refractivity contribution is -0.133. The Morgan fingerprint density at radius 1 is 1.08 bits per heavy atom. The molecule has 0 saturated carbocycles. The van der Waals surface area contributed by atoms with Gasteiger partial charge in [-0.2, -0.15) is 0 Å². The normalized spacial score (nSPS) is 14.5. The summed E-state index contributed by atoms with van der Waals surface area (Å²) in [5, 5.41) is 2.56. The van der Waals surface area contributed by atoms with Gasteiger partial charge in [0.2, 0.25) is 5.91 Å². The first-order valence-corrected chi connectivity index (χ1v) is 8.06. The van der Waals surface area contributed by atoms with Crippen LogP contribution in [0.25, 0.3) is 0 Å². The van der Waals surface area contributed by atoms with Crippen molar-refractivity contribution in [3.8, 4) is 0 Å². The fraction of sp³-hybridized carbons (Fsp3) is 0.263. The predicted octanol–water partition coefficient (Wildman–Crippen LogP) is 3.59. The van der Waals surface area contributed by atoms with Gasteiger partial charge in [0.1, 0.15) is 5.82 Å². The largest absolute Gasteiger partial charge is 0.338 e. The number of nitrogens with one attached hydrogen (secondary N) is 1. The average molecular weight is 326 g/mol. The van der Waals surface area contributed by atoms with Crippen LogP contribution in [0, 0.1) is 5.82 Å². The molecule has 2 aromatic carbocycles. The van der Waals surface area contributed by atoms with Crippen LogP contribution < -0.4 is 5.32 Å². The van der Waals surface area contributed by atoms with Gasteiger partial charge < -0.3 is 10.2 Å². The van der Waals surface area contributed by atoms with Crippen LogP contribution in [0.15, 0.2) is 48.5 Å². The molecule has 3 rings (SSSR count). The number of rotatable bonds is 4. The van der Waals surface area contributed by atoms with E-state index in [1.54, 1.807) is 24.3 Å². The number of amides is 2. The van der Waals surface area contributed by atoms with Crippen molar-refractivity contribution >= 4 is 17.5 Å². The highest BCUT2D eigenvalue weighted by molar-refractivity contribution is 6.04. The highest BCUT2D eigenvalue weighted by atomic mass is 19.1. The number of carbonyl (C=O) groups is 2. The number of piperidine rings is 1. The zero-order valence-corrected chi connectivity index (χ0v) is 13.3. The van der Waals surface area contributed by atoms with Crippen LogP contribution >= 0.6 is 0 Å². The van der Waals surface area contributed by atoms with E-state index < -0.39 is 5.82 Å². The molecule has 5 heteroatoms. The van der Waals surface area contributed by atoms with Gasteiger partial charge in [-0.15, -0.1) is 0 Å². The fourth-order valence-electron chi connectivity index (χ4n) is 2.77. The molecule has 0 bridgehead atoms. The minimum absolute atomic E-state index is 0.158. The zero-order valence-electron chi connectivity index (χ0n) is 13.3. The van der Waals surface area contributed by atoms with Gasteiger partial charge in [0.15, 0.2) is 0 Å². The molecular weight excluding hydrogens is 307 g/mol. The Hall–Kier alpha value is -2.69. The molecule has 0 aromatic heterocycles. The maximum absolute atomic E-state index is 13.6. The Morgan fingerprint density at radius 2 is 1.83 bits per heavy atom. The lowest BCUT2D eigenvalue weighted by Gasteiger charge is -2.26. The molecule has 1 aliphatic heterocycles. The number of hydrogen-bond donors (Lipinski definition) is 1. The number of para-hydroxylation sites is 1. The summed E-state index contributed by atoms with van der Waals surface area (Å²) in [7, 11) is 0. The number of nitrogens with zero attached hydrogens (tertiary/aromatic N) is 1. The van der Waals surface area contributed by atoms with Crippen molar-refractivity contribution < 1.29 is 14.0 Å². The first-order chi connectivity index (χ1) is 11.6. The van der Waals surface area contributed by atoms with Gasteiger partial charge in [-0.05, 0) is 42.7 Å². The van der Waals surface area contributed by atoms with Crippen LogP contribution in [0.3, 0.4) is 0 Å². The molecule has 0 aliphatic carbocycles. The zero-order chi connectivity index (χ0) is 16.9. The van der Waals surface area contributed by atoms with Crippen molar-refractivity contribution in [3.05, 3.63) is 65.5 Å². The molecule has 0 atom stereocenters. The molecule has 4 nitrogen and oxygen atoms in total. The Kier molecular flexibility index (Phi) is 4.89. The van der Waals surface area contributed by atoms with Gasteiger partial charge in [0, 0.05) is 25.1 Å². The molecule has 24 heavy (non-hydrogen) atoms. The van der Waals surface area contributed by atoms with Crippen molar-refractivity contribution in [2.75, 3.05) is 11.9 Å². The van der Waals surface area contributed by atoms with Gasteiger partial charge in [-0.25, -0.2) is 4.39 Å². The molecule has 0 unspecified atom stereocenters. The first-order valence-electron chi connectivity index (χ1n) is 8.06. The van der Waals surface area contributed by atoms with Gasteiger partial charge in [-0.3, -0.25) is 9.59 Å². The molecule has 1 saturated heterocycles. The van der Waals surface area contributed by atoms with Crippen molar-refractivity contribution in [2.24, 2.45) is 0 Å². The van der Waals surface area contributed by atoms with E-state index in [2.05, 4.69) is 5.32 Å². The smallest absolute Gasteiger partial charge is 0.255 e. The molecule has 1 N–H and O–H groups in total. The summed E-state index contributed by atoms with van der Waals surface area (Å²) in [5.74, 6) is -0.644. The van der Waals surface area contributed by atoms with Crippen LogP contribution in [-0.2, 0) is 11.3 Å². The van der Waals surface area contributed by atoms with Crippen LogP contribution in [0.1, 0.15) is 35.2 Å². The number of anilines is 1. The number of benzene rings is 2. The van der Waals surface area contributed by atoms with Crippen LogP contribution in [0.2, 0.25) is 0 Å². The third-order valence-corrected chi connectivity index (χ3v) is 4.13. The molecule has 124 valence electrons. The number of carbonyl (C=O) groups excluding carboxylic acids is 2. The molecule has 1 heterocycles. The predicted molar refractivity (Wildman–Crippen MR) is 90.1 cm³/mol. The summed E-state index contributed by atoms with van der Waals surface area (Å²) in [6, 6.07) is 13.1. The van der Waals surface area contributed by atoms with Crippen LogP contribution in [0.5, 0.6) is 0 Å². The molecule has 2 amide bonds.